The lowest BCUT2D eigenvalue weighted by atomic mass is 9.97. The smallest absolute Gasteiger partial charge is 0.314 e. The predicted molar refractivity (Wildman–Crippen MR) is 82.3 cm³/mol. The highest BCUT2D eigenvalue weighted by molar-refractivity contribution is 5.73. The third-order valence-electron chi connectivity index (χ3n) is 2.90. The number of benzene rings is 1. The number of hydrogen-bond donors (Lipinski definition) is 2. The molecule has 0 aliphatic rings. The predicted octanol–water partition coefficient (Wildman–Crippen LogP) is 2.89. The van der Waals surface area contributed by atoms with E-state index in [2.05, 4.69) is 37.5 Å². The molecule has 20 heavy (non-hydrogen) atoms. The van der Waals surface area contributed by atoms with E-state index in [0.717, 1.165) is 17.7 Å². The number of carbonyl (C=O) groups is 1. The quantitative estimate of drug-likeness (QED) is 0.870. The minimum Gasteiger partial charge on any atom is -0.496 e. The summed E-state index contributed by atoms with van der Waals surface area (Å²) >= 11 is 0. The van der Waals surface area contributed by atoms with Crippen LogP contribution >= 0.6 is 0 Å². The highest BCUT2D eigenvalue weighted by Gasteiger charge is 2.11. The van der Waals surface area contributed by atoms with Gasteiger partial charge < -0.3 is 15.4 Å². The van der Waals surface area contributed by atoms with E-state index in [1.165, 1.54) is 5.56 Å². The summed E-state index contributed by atoms with van der Waals surface area (Å²) in [6.45, 7) is 9.56. The molecule has 4 nitrogen and oxygen atoms in total. The van der Waals surface area contributed by atoms with Gasteiger partial charge in [0.25, 0.3) is 0 Å². The SMILES string of the molecule is COc1ccc(C)cc1CCNC(=O)NCC(C)(C)C. The lowest BCUT2D eigenvalue weighted by molar-refractivity contribution is 0.235. The molecular formula is C16H26N2O2. The second-order valence-corrected chi connectivity index (χ2v) is 6.24. The fraction of sp³-hybridized carbons (Fsp3) is 0.562. The van der Waals surface area contributed by atoms with Crippen LogP contribution in [0.2, 0.25) is 0 Å². The molecule has 1 rings (SSSR count). The second-order valence-electron chi connectivity index (χ2n) is 6.24. The number of methoxy groups -OCH3 is 1. The average molecular weight is 278 g/mol. The zero-order chi connectivity index (χ0) is 15.2. The van der Waals surface area contributed by atoms with Crippen molar-refractivity contribution in [3.8, 4) is 5.75 Å². The summed E-state index contributed by atoms with van der Waals surface area (Å²) < 4.78 is 5.32. The Bertz CT molecular complexity index is 450. The van der Waals surface area contributed by atoms with Crippen molar-refractivity contribution in [3.63, 3.8) is 0 Å². The Balaban J connectivity index is 2.41. The minimum atomic E-state index is -0.119. The summed E-state index contributed by atoms with van der Waals surface area (Å²) in [6.07, 6.45) is 0.758. The number of nitrogens with one attached hydrogen (secondary N) is 2. The molecule has 1 aromatic carbocycles. The molecule has 0 unspecified atom stereocenters. The molecule has 0 aliphatic carbocycles. The first-order valence-electron chi connectivity index (χ1n) is 6.97. The molecule has 0 radical (unpaired) electrons. The van der Waals surface area contributed by atoms with Gasteiger partial charge in [0.05, 0.1) is 7.11 Å². The monoisotopic (exact) mass is 278 g/mol. The Hall–Kier alpha value is -1.71. The van der Waals surface area contributed by atoms with Gasteiger partial charge in [-0.05, 0) is 30.4 Å². The van der Waals surface area contributed by atoms with Gasteiger partial charge in [-0.1, -0.05) is 38.5 Å². The maximum atomic E-state index is 11.6. The average Bonchev–Trinajstić information content (AvgIpc) is 2.36. The summed E-state index contributed by atoms with van der Waals surface area (Å²) in [4.78, 5) is 11.6. The normalized spacial score (nSPS) is 11.1. The Kier molecular flexibility index (Phi) is 5.86. The van der Waals surface area contributed by atoms with Crippen molar-refractivity contribution < 1.29 is 9.53 Å². The van der Waals surface area contributed by atoms with E-state index >= 15 is 0 Å². The molecule has 0 aromatic heterocycles. The molecule has 0 fully saturated rings. The fourth-order valence-electron chi connectivity index (χ4n) is 1.82. The van der Waals surface area contributed by atoms with Crippen molar-refractivity contribution in [3.05, 3.63) is 29.3 Å². The number of hydrogen-bond acceptors (Lipinski definition) is 2. The van der Waals surface area contributed by atoms with Gasteiger partial charge in [-0.3, -0.25) is 0 Å². The summed E-state index contributed by atoms with van der Waals surface area (Å²) in [5.74, 6) is 0.868. The molecule has 0 atom stereocenters. The maximum Gasteiger partial charge on any atom is 0.314 e. The van der Waals surface area contributed by atoms with Crippen LogP contribution in [0.5, 0.6) is 5.75 Å². The zero-order valence-corrected chi connectivity index (χ0v) is 13.2. The number of ether oxygens (including phenoxy) is 1. The summed E-state index contributed by atoms with van der Waals surface area (Å²) in [5, 5.41) is 5.74. The van der Waals surface area contributed by atoms with Crippen molar-refractivity contribution in [1.82, 2.24) is 10.6 Å². The van der Waals surface area contributed by atoms with Crippen molar-refractivity contribution in [2.75, 3.05) is 20.2 Å². The van der Waals surface area contributed by atoms with Crippen LogP contribution in [0.15, 0.2) is 18.2 Å². The first-order chi connectivity index (χ1) is 9.31. The van der Waals surface area contributed by atoms with Gasteiger partial charge in [0.1, 0.15) is 5.75 Å². The Morgan fingerprint density at radius 2 is 1.95 bits per heavy atom. The van der Waals surface area contributed by atoms with Crippen molar-refractivity contribution in [2.45, 2.75) is 34.1 Å². The molecule has 0 saturated heterocycles. The Morgan fingerprint density at radius 1 is 1.25 bits per heavy atom. The van der Waals surface area contributed by atoms with Crippen molar-refractivity contribution >= 4 is 6.03 Å². The molecule has 1 aromatic rings. The number of amides is 2. The summed E-state index contributed by atoms with van der Waals surface area (Å²) in [7, 11) is 1.66. The third-order valence-corrected chi connectivity index (χ3v) is 2.90. The van der Waals surface area contributed by atoms with Crippen LogP contribution in [0, 0.1) is 12.3 Å². The van der Waals surface area contributed by atoms with E-state index in [1.54, 1.807) is 7.11 Å². The Labute approximate surface area is 121 Å². The van der Waals surface area contributed by atoms with Gasteiger partial charge in [-0.2, -0.15) is 0 Å². The van der Waals surface area contributed by atoms with Crippen LogP contribution in [0.1, 0.15) is 31.9 Å². The van der Waals surface area contributed by atoms with Gasteiger partial charge in [-0.15, -0.1) is 0 Å². The van der Waals surface area contributed by atoms with E-state index in [-0.39, 0.29) is 11.4 Å². The maximum absolute atomic E-state index is 11.6. The number of urea groups is 1. The summed E-state index contributed by atoms with van der Waals surface area (Å²) in [5.41, 5.74) is 2.40. The molecule has 0 bridgehead atoms. The lowest BCUT2D eigenvalue weighted by Gasteiger charge is -2.19. The van der Waals surface area contributed by atoms with E-state index in [0.29, 0.717) is 13.1 Å². The van der Waals surface area contributed by atoms with Gasteiger partial charge in [0, 0.05) is 13.1 Å². The van der Waals surface area contributed by atoms with E-state index < -0.39 is 0 Å². The highest BCUT2D eigenvalue weighted by Crippen LogP contribution is 2.19. The van der Waals surface area contributed by atoms with Gasteiger partial charge >= 0.3 is 6.03 Å². The standard InChI is InChI=1S/C16H26N2O2/c1-12-6-7-14(20-5)13(10-12)8-9-17-15(19)18-11-16(2,3)4/h6-7,10H,8-9,11H2,1-5H3,(H2,17,18,19). The van der Waals surface area contributed by atoms with Gasteiger partial charge in [0.15, 0.2) is 0 Å². The molecule has 4 heteroatoms. The van der Waals surface area contributed by atoms with E-state index in [9.17, 15) is 4.79 Å². The second kappa shape index (κ2) is 7.17. The molecule has 0 spiro atoms. The molecular weight excluding hydrogens is 252 g/mol. The van der Waals surface area contributed by atoms with Gasteiger partial charge in [0.2, 0.25) is 0 Å². The molecule has 2 N–H and O–H groups in total. The van der Waals surface area contributed by atoms with Crippen LogP contribution in [0.25, 0.3) is 0 Å². The first kappa shape index (κ1) is 16.3. The Morgan fingerprint density at radius 3 is 2.55 bits per heavy atom. The highest BCUT2D eigenvalue weighted by atomic mass is 16.5. The van der Waals surface area contributed by atoms with Crippen molar-refractivity contribution in [2.24, 2.45) is 5.41 Å². The van der Waals surface area contributed by atoms with E-state index in [1.807, 2.05) is 19.1 Å². The lowest BCUT2D eigenvalue weighted by Crippen LogP contribution is -2.40. The molecule has 2 amide bonds. The van der Waals surface area contributed by atoms with E-state index in [4.69, 9.17) is 4.74 Å². The first-order valence-corrected chi connectivity index (χ1v) is 6.97. The van der Waals surface area contributed by atoms with Gasteiger partial charge in [-0.25, -0.2) is 4.79 Å². The van der Waals surface area contributed by atoms with Crippen LogP contribution in [0.3, 0.4) is 0 Å². The summed E-state index contributed by atoms with van der Waals surface area (Å²) in [6, 6.07) is 5.95. The number of carbonyl (C=O) groups excluding carboxylic acids is 1. The van der Waals surface area contributed by atoms with Crippen molar-refractivity contribution in [1.29, 1.82) is 0 Å². The molecule has 112 valence electrons. The van der Waals surface area contributed by atoms with Crippen LogP contribution in [0.4, 0.5) is 4.79 Å². The molecule has 0 saturated carbocycles. The van der Waals surface area contributed by atoms with Crippen LogP contribution < -0.4 is 15.4 Å². The molecule has 0 heterocycles. The molecule has 0 aliphatic heterocycles. The third kappa shape index (κ3) is 5.95. The zero-order valence-electron chi connectivity index (χ0n) is 13.2. The number of rotatable bonds is 5. The topological polar surface area (TPSA) is 50.4 Å². The fourth-order valence-corrected chi connectivity index (χ4v) is 1.82. The van der Waals surface area contributed by atoms with Crippen LogP contribution in [-0.2, 0) is 6.42 Å². The minimum absolute atomic E-state index is 0.0943. The largest absolute Gasteiger partial charge is 0.496 e. The number of aryl methyl sites for hydroxylation is 1. The van der Waals surface area contributed by atoms with Crippen LogP contribution in [-0.4, -0.2) is 26.2 Å².